The number of aryl methyl sites for hydroxylation is 1. The molecule has 0 spiro atoms. The molecule has 1 heterocycles. The number of rotatable bonds is 2. The minimum Gasteiger partial charge on any atom is -0.382 e. The van der Waals surface area contributed by atoms with Crippen molar-refractivity contribution >= 4 is 11.7 Å². The highest BCUT2D eigenvalue weighted by Crippen LogP contribution is 2.20. The van der Waals surface area contributed by atoms with E-state index in [2.05, 4.69) is 10.4 Å². The molecule has 3 N–H and O–H groups in total. The van der Waals surface area contributed by atoms with Crippen LogP contribution in [0.15, 0.2) is 6.07 Å². The SMILES string of the molecule is CC(=O)NC(C)(C)c1cc(N)nn1C. The van der Waals surface area contributed by atoms with Gasteiger partial charge < -0.3 is 11.1 Å². The van der Waals surface area contributed by atoms with Gasteiger partial charge >= 0.3 is 0 Å². The van der Waals surface area contributed by atoms with Gasteiger partial charge in [0.25, 0.3) is 0 Å². The lowest BCUT2D eigenvalue weighted by molar-refractivity contribution is -0.120. The van der Waals surface area contributed by atoms with Crippen LogP contribution in [-0.4, -0.2) is 15.7 Å². The van der Waals surface area contributed by atoms with E-state index in [0.717, 1.165) is 5.69 Å². The summed E-state index contributed by atoms with van der Waals surface area (Å²) in [6, 6.07) is 1.76. The van der Waals surface area contributed by atoms with E-state index in [1.807, 2.05) is 13.8 Å². The van der Waals surface area contributed by atoms with Crippen molar-refractivity contribution in [3.63, 3.8) is 0 Å². The molecule has 1 aromatic rings. The molecule has 0 radical (unpaired) electrons. The molecule has 0 bridgehead atoms. The molecule has 0 aromatic carbocycles. The average molecular weight is 196 g/mol. The number of carbonyl (C=O) groups excluding carboxylic acids is 1. The van der Waals surface area contributed by atoms with Crippen LogP contribution in [0.3, 0.4) is 0 Å². The van der Waals surface area contributed by atoms with E-state index in [4.69, 9.17) is 5.73 Å². The first-order valence-corrected chi connectivity index (χ1v) is 4.41. The fourth-order valence-corrected chi connectivity index (χ4v) is 1.58. The summed E-state index contributed by atoms with van der Waals surface area (Å²) in [5.41, 5.74) is 5.99. The maximum atomic E-state index is 11.0. The number of carbonyl (C=O) groups is 1. The zero-order chi connectivity index (χ0) is 10.9. The standard InChI is InChI=1S/C9H16N4O/c1-6(14)11-9(2,3)7-5-8(10)12-13(7)4/h5H,1-4H3,(H2,10,12)(H,11,14). The Labute approximate surface area is 83.3 Å². The molecule has 5 nitrogen and oxygen atoms in total. The third-order valence-corrected chi connectivity index (χ3v) is 2.03. The van der Waals surface area contributed by atoms with E-state index < -0.39 is 5.54 Å². The normalized spacial score (nSPS) is 11.4. The second-order valence-corrected chi connectivity index (χ2v) is 3.88. The van der Waals surface area contributed by atoms with Gasteiger partial charge in [0.2, 0.25) is 5.91 Å². The summed E-state index contributed by atoms with van der Waals surface area (Å²) in [5.74, 6) is 0.385. The molecule has 1 amide bonds. The van der Waals surface area contributed by atoms with Gasteiger partial charge in [-0.05, 0) is 13.8 Å². The quantitative estimate of drug-likeness (QED) is 0.718. The molecule has 0 saturated carbocycles. The minimum absolute atomic E-state index is 0.0743. The average Bonchev–Trinajstić information content (AvgIpc) is 2.27. The van der Waals surface area contributed by atoms with Crippen molar-refractivity contribution in [1.82, 2.24) is 15.1 Å². The fourth-order valence-electron chi connectivity index (χ4n) is 1.58. The van der Waals surface area contributed by atoms with Gasteiger partial charge in [0.15, 0.2) is 0 Å². The van der Waals surface area contributed by atoms with Crippen LogP contribution < -0.4 is 11.1 Å². The van der Waals surface area contributed by atoms with E-state index >= 15 is 0 Å². The lowest BCUT2D eigenvalue weighted by atomic mass is 10.0. The maximum absolute atomic E-state index is 11.0. The van der Waals surface area contributed by atoms with Crippen molar-refractivity contribution in [2.45, 2.75) is 26.3 Å². The van der Waals surface area contributed by atoms with Crippen molar-refractivity contribution in [2.24, 2.45) is 7.05 Å². The number of amides is 1. The fraction of sp³-hybridized carbons (Fsp3) is 0.556. The van der Waals surface area contributed by atoms with Crippen molar-refractivity contribution in [3.05, 3.63) is 11.8 Å². The third kappa shape index (κ3) is 2.04. The highest BCUT2D eigenvalue weighted by atomic mass is 16.1. The monoisotopic (exact) mass is 196 g/mol. The molecule has 1 aromatic heterocycles. The number of hydrogen-bond donors (Lipinski definition) is 2. The predicted octanol–water partition coefficient (Wildman–Crippen LogP) is 0.373. The van der Waals surface area contributed by atoms with Gasteiger partial charge in [-0.25, -0.2) is 0 Å². The molecule has 0 aliphatic carbocycles. The van der Waals surface area contributed by atoms with Crippen molar-refractivity contribution in [1.29, 1.82) is 0 Å². The molecular weight excluding hydrogens is 180 g/mol. The van der Waals surface area contributed by atoms with Gasteiger partial charge in [0.05, 0.1) is 11.2 Å². The predicted molar refractivity (Wildman–Crippen MR) is 54.5 cm³/mol. The van der Waals surface area contributed by atoms with Gasteiger partial charge in [-0.15, -0.1) is 0 Å². The van der Waals surface area contributed by atoms with Crippen molar-refractivity contribution in [3.8, 4) is 0 Å². The molecule has 14 heavy (non-hydrogen) atoms. The van der Waals surface area contributed by atoms with Gasteiger partial charge in [-0.2, -0.15) is 5.10 Å². The second kappa shape index (κ2) is 3.32. The van der Waals surface area contributed by atoms with Crippen LogP contribution in [0.4, 0.5) is 5.82 Å². The summed E-state index contributed by atoms with van der Waals surface area (Å²) in [6.07, 6.45) is 0. The van der Waals surface area contributed by atoms with E-state index in [1.165, 1.54) is 6.92 Å². The third-order valence-electron chi connectivity index (χ3n) is 2.03. The van der Waals surface area contributed by atoms with Gasteiger partial charge in [0.1, 0.15) is 5.82 Å². The summed E-state index contributed by atoms with van der Waals surface area (Å²) in [4.78, 5) is 11.0. The first-order valence-electron chi connectivity index (χ1n) is 4.41. The second-order valence-electron chi connectivity index (χ2n) is 3.88. The molecular formula is C9H16N4O. The Morgan fingerprint density at radius 2 is 2.21 bits per heavy atom. The highest BCUT2D eigenvalue weighted by Gasteiger charge is 2.25. The topological polar surface area (TPSA) is 72.9 Å². The Bertz CT molecular complexity index is 354. The summed E-state index contributed by atoms with van der Waals surface area (Å²) < 4.78 is 1.67. The van der Waals surface area contributed by atoms with Crippen LogP contribution in [0.1, 0.15) is 26.5 Å². The van der Waals surface area contributed by atoms with Crippen molar-refractivity contribution in [2.75, 3.05) is 5.73 Å². The van der Waals surface area contributed by atoms with Crippen LogP contribution in [0.2, 0.25) is 0 Å². The Balaban J connectivity index is 3.02. The number of nitrogen functional groups attached to an aromatic ring is 1. The Hall–Kier alpha value is -1.52. The number of aromatic nitrogens is 2. The molecule has 1 rings (SSSR count). The molecule has 0 saturated heterocycles. The largest absolute Gasteiger partial charge is 0.382 e. The van der Waals surface area contributed by atoms with Crippen LogP contribution in [-0.2, 0) is 17.4 Å². The number of nitrogens with zero attached hydrogens (tertiary/aromatic N) is 2. The number of hydrogen-bond acceptors (Lipinski definition) is 3. The smallest absolute Gasteiger partial charge is 0.217 e. The summed E-state index contributed by atoms with van der Waals surface area (Å²) in [5, 5.41) is 6.86. The first kappa shape index (κ1) is 10.6. The molecule has 78 valence electrons. The molecule has 0 atom stereocenters. The summed E-state index contributed by atoms with van der Waals surface area (Å²) >= 11 is 0. The van der Waals surface area contributed by atoms with Gasteiger partial charge in [-0.1, -0.05) is 0 Å². The Morgan fingerprint density at radius 1 is 1.64 bits per heavy atom. The molecule has 0 aliphatic rings. The zero-order valence-electron chi connectivity index (χ0n) is 8.96. The maximum Gasteiger partial charge on any atom is 0.217 e. The van der Waals surface area contributed by atoms with E-state index in [-0.39, 0.29) is 5.91 Å². The summed E-state index contributed by atoms with van der Waals surface area (Å²) in [7, 11) is 1.80. The van der Waals surface area contributed by atoms with Crippen LogP contribution in [0.5, 0.6) is 0 Å². The first-order chi connectivity index (χ1) is 6.33. The Morgan fingerprint density at radius 3 is 2.57 bits per heavy atom. The zero-order valence-corrected chi connectivity index (χ0v) is 8.96. The molecule has 0 fully saturated rings. The number of anilines is 1. The Kier molecular flexibility index (Phi) is 2.51. The molecule has 0 aliphatic heterocycles. The highest BCUT2D eigenvalue weighted by molar-refractivity contribution is 5.73. The van der Waals surface area contributed by atoms with E-state index in [9.17, 15) is 4.79 Å². The van der Waals surface area contributed by atoms with Gasteiger partial charge in [-0.3, -0.25) is 9.48 Å². The van der Waals surface area contributed by atoms with Crippen LogP contribution in [0.25, 0.3) is 0 Å². The van der Waals surface area contributed by atoms with Gasteiger partial charge in [0, 0.05) is 20.0 Å². The van der Waals surface area contributed by atoms with E-state index in [0.29, 0.717) is 5.82 Å². The lowest BCUT2D eigenvalue weighted by Gasteiger charge is -2.25. The van der Waals surface area contributed by atoms with Crippen LogP contribution in [0, 0.1) is 0 Å². The lowest BCUT2D eigenvalue weighted by Crippen LogP contribution is -2.41. The number of nitrogens with one attached hydrogen (secondary N) is 1. The molecule has 5 heteroatoms. The summed E-state index contributed by atoms with van der Waals surface area (Å²) in [6.45, 7) is 5.30. The molecule has 0 unspecified atom stereocenters. The van der Waals surface area contributed by atoms with Crippen LogP contribution >= 0.6 is 0 Å². The minimum atomic E-state index is -0.453. The van der Waals surface area contributed by atoms with E-state index in [1.54, 1.807) is 17.8 Å². The van der Waals surface area contributed by atoms with Crippen molar-refractivity contribution < 1.29 is 4.79 Å². The number of nitrogens with two attached hydrogens (primary N) is 1.